The average molecular weight is 771 g/mol. The van der Waals surface area contributed by atoms with Crippen LogP contribution in [-0.2, 0) is 6.42 Å². The minimum absolute atomic E-state index is 0.321. The molecule has 12 rings (SSSR count). The molecule has 4 heteroatoms. The number of nitrogens with zero attached hydrogens (tertiary/aromatic N) is 3. The molecule has 3 unspecified atom stereocenters. The summed E-state index contributed by atoms with van der Waals surface area (Å²) in [6.07, 6.45) is 9.38. The molecule has 2 aliphatic rings. The number of H-pyrrole nitrogens is 1. The third-order valence-electron chi connectivity index (χ3n) is 13.5. The molecule has 0 bridgehead atoms. The molecule has 4 nitrogen and oxygen atoms in total. The van der Waals surface area contributed by atoms with Gasteiger partial charge in [-0.25, -0.2) is 0 Å². The average Bonchev–Trinajstić information content (AvgIpc) is 3.85. The number of benzene rings is 6. The number of aromatic amines is 1. The van der Waals surface area contributed by atoms with Crippen LogP contribution in [0.1, 0.15) is 59.5 Å². The molecule has 0 fully saturated rings. The van der Waals surface area contributed by atoms with Gasteiger partial charge in [0, 0.05) is 57.0 Å². The van der Waals surface area contributed by atoms with Crippen molar-refractivity contribution in [2.24, 2.45) is 0 Å². The Bertz CT molecular complexity index is 3280. The van der Waals surface area contributed by atoms with Crippen molar-refractivity contribution in [3.63, 3.8) is 0 Å². The fraction of sp³-hybridized carbons (Fsp3) is 0.107. The largest absolute Gasteiger partial charge is 0.355 e. The lowest BCUT2D eigenvalue weighted by Gasteiger charge is -2.32. The Balaban J connectivity index is 0.963. The van der Waals surface area contributed by atoms with Gasteiger partial charge in [0.1, 0.15) is 0 Å². The van der Waals surface area contributed by atoms with Gasteiger partial charge in [-0.1, -0.05) is 117 Å². The van der Waals surface area contributed by atoms with E-state index in [1.165, 1.54) is 88.6 Å². The summed E-state index contributed by atoms with van der Waals surface area (Å²) < 4.78 is 2.46. The number of rotatable bonds is 5. The van der Waals surface area contributed by atoms with Gasteiger partial charge >= 0.3 is 0 Å². The first-order valence-electron chi connectivity index (χ1n) is 21.1. The van der Waals surface area contributed by atoms with Gasteiger partial charge in [0.2, 0.25) is 0 Å². The molecule has 286 valence electrons. The molecule has 0 aliphatic heterocycles. The Hall–Kier alpha value is -7.30. The number of allylic oxidation sites excluding steroid dienone is 1. The smallest absolute Gasteiger partial charge is 0.0701 e. The van der Waals surface area contributed by atoms with Gasteiger partial charge in [-0.05, 0) is 130 Å². The quantitative estimate of drug-likeness (QED) is 0.189. The zero-order valence-electron chi connectivity index (χ0n) is 33.6. The van der Waals surface area contributed by atoms with E-state index in [-0.39, 0.29) is 0 Å². The van der Waals surface area contributed by atoms with Crippen molar-refractivity contribution < 1.29 is 0 Å². The highest BCUT2D eigenvalue weighted by Crippen LogP contribution is 2.52. The molecular formula is C56H42N4. The molecule has 6 aromatic carbocycles. The Morgan fingerprint density at radius 2 is 1.22 bits per heavy atom. The molecule has 2 aliphatic carbocycles. The first-order valence-corrected chi connectivity index (χ1v) is 21.1. The van der Waals surface area contributed by atoms with Gasteiger partial charge in [0.25, 0.3) is 0 Å². The fourth-order valence-electron chi connectivity index (χ4n) is 10.2. The third kappa shape index (κ3) is 5.44. The second-order valence-electron chi connectivity index (χ2n) is 16.7. The number of nitrogens with one attached hydrogen (secondary N) is 1. The maximum atomic E-state index is 4.56. The number of para-hydroxylation sites is 1. The van der Waals surface area contributed by atoms with Crippen LogP contribution in [0.15, 0.2) is 176 Å². The Morgan fingerprint density at radius 3 is 1.93 bits per heavy atom. The SMILES string of the molecule is CC1c2cc3c4cc(-c5ccc(-c6ccccn6)cc5)ccc4n(-c4ccccc4)c3cc2-c2ccc3c4c([nH]c3c2C1C)C=CC(c1ccc(-c2ccccn2)cc1)C4. The molecule has 0 spiro atoms. The van der Waals surface area contributed by atoms with E-state index in [1.807, 2.05) is 36.7 Å². The highest BCUT2D eigenvalue weighted by Gasteiger charge is 2.33. The zero-order valence-corrected chi connectivity index (χ0v) is 33.6. The van der Waals surface area contributed by atoms with E-state index in [0.29, 0.717) is 17.8 Å². The summed E-state index contributed by atoms with van der Waals surface area (Å²) in [4.78, 5) is 13.1. The molecular weight excluding hydrogens is 729 g/mol. The van der Waals surface area contributed by atoms with Crippen molar-refractivity contribution in [2.75, 3.05) is 0 Å². The van der Waals surface area contributed by atoms with Crippen LogP contribution < -0.4 is 0 Å². The molecule has 0 saturated heterocycles. The molecule has 0 saturated carbocycles. The van der Waals surface area contributed by atoms with Gasteiger partial charge in [0.05, 0.1) is 27.9 Å². The van der Waals surface area contributed by atoms with Gasteiger partial charge in [-0.15, -0.1) is 0 Å². The summed E-state index contributed by atoms with van der Waals surface area (Å²) in [5.41, 5.74) is 21.1. The summed E-state index contributed by atoms with van der Waals surface area (Å²) in [6.45, 7) is 4.85. The van der Waals surface area contributed by atoms with E-state index in [9.17, 15) is 0 Å². The molecule has 10 aromatic rings. The van der Waals surface area contributed by atoms with Crippen LogP contribution in [0.3, 0.4) is 0 Å². The summed E-state index contributed by atoms with van der Waals surface area (Å²) in [5, 5.41) is 3.92. The minimum atomic E-state index is 0.321. The second-order valence-corrected chi connectivity index (χ2v) is 16.7. The summed E-state index contributed by atoms with van der Waals surface area (Å²) in [6, 6.07) is 57.5. The fourth-order valence-corrected chi connectivity index (χ4v) is 10.2. The normalized spacial score (nSPS) is 16.9. The number of hydrogen-bond acceptors (Lipinski definition) is 2. The number of aromatic nitrogens is 4. The lowest BCUT2D eigenvalue weighted by atomic mass is 9.72. The zero-order chi connectivity index (χ0) is 39.9. The number of fused-ring (bicyclic) bond motifs is 10. The molecule has 0 amide bonds. The lowest BCUT2D eigenvalue weighted by Crippen LogP contribution is -2.14. The summed E-state index contributed by atoms with van der Waals surface area (Å²) in [5.74, 6) is 0.992. The number of hydrogen-bond donors (Lipinski definition) is 1. The highest BCUT2D eigenvalue weighted by atomic mass is 15.0. The Labute approximate surface area is 349 Å². The van der Waals surface area contributed by atoms with E-state index in [2.05, 4.69) is 179 Å². The first-order chi connectivity index (χ1) is 29.6. The lowest BCUT2D eigenvalue weighted by molar-refractivity contribution is 0.620. The molecule has 60 heavy (non-hydrogen) atoms. The monoisotopic (exact) mass is 770 g/mol. The van der Waals surface area contributed by atoms with Gasteiger partial charge in [-0.3, -0.25) is 9.97 Å². The molecule has 0 radical (unpaired) electrons. The van der Waals surface area contributed by atoms with E-state index in [0.717, 1.165) is 28.9 Å². The van der Waals surface area contributed by atoms with Crippen molar-refractivity contribution in [1.82, 2.24) is 19.5 Å². The van der Waals surface area contributed by atoms with Crippen molar-refractivity contribution in [2.45, 2.75) is 38.0 Å². The van der Waals surface area contributed by atoms with Gasteiger partial charge < -0.3 is 9.55 Å². The molecule has 1 N–H and O–H groups in total. The third-order valence-corrected chi connectivity index (χ3v) is 13.5. The Kier molecular flexibility index (Phi) is 7.89. The van der Waals surface area contributed by atoms with Crippen molar-refractivity contribution in [1.29, 1.82) is 0 Å². The van der Waals surface area contributed by atoms with E-state index in [4.69, 9.17) is 0 Å². The van der Waals surface area contributed by atoms with E-state index >= 15 is 0 Å². The van der Waals surface area contributed by atoms with Crippen LogP contribution in [0.25, 0.3) is 89.2 Å². The second kappa shape index (κ2) is 13.6. The predicted octanol–water partition coefficient (Wildman–Crippen LogP) is 14.3. The van der Waals surface area contributed by atoms with Crippen LogP contribution in [0.5, 0.6) is 0 Å². The maximum Gasteiger partial charge on any atom is 0.0701 e. The van der Waals surface area contributed by atoms with Crippen LogP contribution in [-0.4, -0.2) is 19.5 Å². The summed E-state index contributed by atoms with van der Waals surface area (Å²) in [7, 11) is 0. The standard InChI is InChI=1S/C56H42N4/c1-34-35(2)55-43(24-25-44-47-30-40(22-26-52(47)59-56(44)55)36-14-18-38(19-15-36)50-12-6-8-28-57-50)46-33-54-49(32-45(34)46)48-31-41(23-27-53(48)60(54)42-10-4-3-5-11-42)37-16-20-39(21-17-37)51-13-7-9-29-58-51/h3-29,31-35,40,59H,30H2,1-2H3. The van der Waals surface area contributed by atoms with Crippen LogP contribution in [0.4, 0.5) is 0 Å². The van der Waals surface area contributed by atoms with Gasteiger partial charge in [-0.2, -0.15) is 0 Å². The van der Waals surface area contributed by atoms with Crippen LogP contribution in [0.2, 0.25) is 0 Å². The predicted molar refractivity (Wildman–Crippen MR) is 249 cm³/mol. The van der Waals surface area contributed by atoms with Crippen molar-refractivity contribution in [3.8, 4) is 50.5 Å². The van der Waals surface area contributed by atoms with E-state index in [1.54, 1.807) is 0 Å². The Morgan fingerprint density at radius 1 is 0.550 bits per heavy atom. The molecule has 4 heterocycles. The van der Waals surface area contributed by atoms with E-state index < -0.39 is 0 Å². The topological polar surface area (TPSA) is 46.5 Å². The highest BCUT2D eigenvalue weighted by molar-refractivity contribution is 6.12. The maximum absolute atomic E-state index is 4.56. The minimum Gasteiger partial charge on any atom is -0.355 e. The molecule has 3 atom stereocenters. The number of pyridine rings is 2. The van der Waals surface area contributed by atoms with Gasteiger partial charge in [0.15, 0.2) is 0 Å². The van der Waals surface area contributed by atoms with Crippen molar-refractivity contribution in [3.05, 3.63) is 204 Å². The van der Waals surface area contributed by atoms with Crippen LogP contribution in [0, 0.1) is 0 Å². The first kappa shape index (κ1) is 34.7. The van der Waals surface area contributed by atoms with Crippen LogP contribution >= 0.6 is 0 Å². The summed E-state index contributed by atoms with van der Waals surface area (Å²) >= 11 is 0. The molecule has 4 aromatic heterocycles. The van der Waals surface area contributed by atoms with Crippen molar-refractivity contribution >= 4 is 38.8 Å².